The largest absolute Gasteiger partial charge is 0.435 e. The highest BCUT2D eigenvalue weighted by molar-refractivity contribution is 9.10. The lowest BCUT2D eigenvalue weighted by molar-refractivity contribution is -0.141. The summed E-state index contributed by atoms with van der Waals surface area (Å²) in [7, 11) is 0. The standard InChI is InChI=1S/C11H9BrF3N3/c12-8-2-1-7(6-16)9(5-8)18-4-3-10(17-18)11(13,14)15/h1-5H,6,16H2. The Labute approximate surface area is 110 Å². The lowest BCUT2D eigenvalue weighted by atomic mass is 10.2. The Morgan fingerprint density at radius 1 is 1.28 bits per heavy atom. The van der Waals surface area contributed by atoms with Crippen molar-refractivity contribution in [2.24, 2.45) is 5.73 Å². The van der Waals surface area contributed by atoms with Crippen LogP contribution in [0.2, 0.25) is 0 Å². The van der Waals surface area contributed by atoms with Crippen molar-refractivity contribution in [3.05, 3.63) is 46.2 Å². The van der Waals surface area contributed by atoms with Gasteiger partial charge in [0.05, 0.1) is 5.69 Å². The van der Waals surface area contributed by atoms with Crippen LogP contribution in [0.3, 0.4) is 0 Å². The van der Waals surface area contributed by atoms with E-state index in [-0.39, 0.29) is 6.54 Å². The molecule has 2 N–H and O–H groups in total. The molecule has 0 fully saturated rings. The molecule has 0 aliphatic rings. The number of benzene rings is 1. The Balaban J connectivity index is 2.49. The van der Waals surface area contributed by atoms with Gasteiger partial charge in [0.15, 0.2) is 5.69 Å². The first-order valence-corrected chi connectivity index (χ1v) is 5.83. The van der Waals surface area contributed by atoms with E-state index in [2.05, 4.69) is 21.0 Å². The number of nitrogens with two attached hydrogens (primary N) is 1. The second kappa shape index (κ2) is 4.74. The van der Waals surface area contributed by atoms with E-state index in [9.17, 15) is 13.2 Å². The highest BCUT2D eigenvalue weighted by Gasteiger charge is 2.33. The predicted molar refractivity (Wildman–Crippen MR) is 64.2 cm³/mol. The monoisotopic (exact) mass is 319 g/mol. The van der Waals surface area contributed by atoms with E-state index in [1.807, 2.05) is 0 Å². The van der Waals surface area contributed by atoms with Crippen LogP contribution in [0, 0.1) is 0 Å². The van der Waals surface area contributed by atoms with Crippen molar-refractivity contribution in [1.29, 1.82) is 0 Å². The molecule has 0 aliphatic heterocycles. The Hall–Kier alpha value is -1.34. The number of alkyl halides is 3. The summed E-state index contributed by atoms with van der Waals surface area (Å²) < 4.78 is 39.3. The van der Waals surface area contributed by atoms with E-state index in [4.69, 9.17) is 5.73 Å². The van der Waals surface area contributed by atoms with Gasteiger partial charge in [-0.2, -0.15) is 18.3 Å². The van der Waals surface area contributed by atoms with Gasteiger partial charge in [-0.25, -0.2) is 4.68 Å². The fourth-order valence-corrected chi connectivity index (χ4v) is 1.88. The predicted octanol–water partition coefficient (Wildman–Crippen LogP) is 3.11. The maximum absolute atomic E-state index is 12.5. The van der Waals surface area contributed by atoms with E-state index in [1.54, 1.807) is 18.2 Å². The molecule has 7 heteroatoms. The van der Waals surface area contributed by atoms with Gasteiger partial charge < -0.3 is 5.73 Å². The Morgan fingerprint density at radius 2 is 2.00 bits per heavy atom. The molecule has 96 valence electrons. The van der Waals surface area contributed by atoms with E-state index in [0.717, 1.165) is 16.1 Å². The molecule has 0 aliphatic carbocycles. The van der Waals surface area contributed by atoms with Crippen LogP contribution in [0.5, 0.6) is 0 Å². The maximum atomic E-state index is 12.5. The fraction of sp³-hybridized carbons (Fsp3) is 0.182. The summed E-state index contributed by atoms with van der Waals surface area (Å²) in [5.74, 6) is 0. The Bertz CT molecular complexity index is 563. The third kappa shape index (κ3) is 2.56. The molecule has 0 bridgehead atoms. The van der Waals surface area contributed by atoms with Gasteiger partial charge in [0.25, 0.3) is 0 Å². The lowest BCUT2D eigenvalue weighted by Gasteiger charge is -2.08. The van der Waals surface area contributed by atoms with Gasteiger partial charge in [0, 0.05) is 17.2 Å². The van der Waals surface area contributed by atoms with Crippen molar-refractivity contribution >= 4 is 15.9 Å². The van der Waals surface area contributed by atoms with Crippen LogP contribution in [0.15, 0.2) is 34.9 Å². The van der Waals surface area contributed by atoms with Gasteiger partial charge >= 0.3 is 6.18 Å². The van der Waals surface area contributed by atoms with Gasteiger partial charge in [-0.15, -0.1) is 0 Å². The van der Waals surface area contributed by atoms with Crippen LogP contribution in [0.1, 0.15) is 11.3 Å². The topological polar surface area (TPSA) is 43.8 Å². The van der Waals surface area contributed by atoms with Crippen LogP contribution in [-0.2, 0) is 12.7 Å². The van der Waals surface area contributed by atoms with Crippen LogP contribution < -0.4 is 5.73 Å². The van der Waals surface area contributed by atoms with Gasteiger partial charge in [-0.3, -0.25) is 0 Å². The summed E-state index contributed by atoms with van der Waals surface area (Å²) in [6, 6.07) is 6.13. The number of hydrogen-bond donors (Lipinski definition) is 1. The summed E-state index contributed by atoms with van der Waals surface area (Å²) in [4.78, 5) is 0. The van der Waals surface area contributed by atoms with Gasteiger partial charge in [-0.1, -0.05) is 22.0 Å². The normalized spacial score (nSPS) is 11.8. The number of halogens is 4. The molecule has 1 heterocycles. The second-order valence-electron chi connectivity index (χ2n) is 3.62. The molecule has 3 nitrogen and oxygen atoms in total. The molecule has 1 aromatic heterocycles. The minimum Gasteiger partial charge on any atom is -0.326 e. The molecule has 0 saturated heterocycles. The zero-order chi connectivity index (χ0) is 13.3. The first-order chi connectivity index (χ1) is 8.41. The first kappa shape index (κ1) is 13.1. The SMILES string of the molecule is NCc1ccc(Br)cc1-n1ccc(C(F)(F)F)n1. The van der Waals surface area contributed by atoms with Crippen molar-refractivity contribution in [2.75, 3.05) is 0 Å². The number of rotatable bonds is 2. The van der Waals surface area contributed by atoms with E-state index in [1.165, 1.54) is 10.9 Å². The molecule has 1 aromatic carbocycles. The molecule has 2 rings (SSSR count). The van der Waals surface area contributed by atoms with Crippen molar-refractivity contribution in [1.82, 2.24) is 9.78 Å². The smallest absolute Gasteiger partial charge is 0.326 e. The molecule has 0 spiro atoms. The zero-order valence-corrected chi connectivity index (χ0v) is 10.7. The summed E-state index contributed by atoms with van der Waals surface area (Å²) in [6.07, 6.45) is -3.18. The minimum atomic E-state index is -4.44. The number of nitrogens with zero attached hydrogens (tertiary/aromatic N) is 2. The highest BCUT2D eigenvalue weighted by Crippen LogP contribution is 2.28. The van der Waals surface area contributed by atoms with Crippen molar-refractivity contribution in [3.63, 3.8) is 0 Å². The summed E-state index contributed by atoms with van der Waals surface area (Å²) >= 11 is 3.26. The van der Waals surface area contributed by atoms with Crippen molar-refractivity contribution in [3.8, 4) is 5.69 Å². The number of aromatic nitrogens is 2. The first-order valence-electron chi connectivity index (χ1n) is 5.03. The zero-order valence-electron chi connectivity index (χ0n) is 9.08. The lowest BCUT2D eigenvalue weighted by Crippen LogP contribution is -2.09. The van der Waals surface area contributed by atoms with Gasteiger partial charge in [-0.05, 0) is 23.8 Å². The second-order valence-corrected chi connectivity index (χ2v) is 4.54. The maximum Gasteiger partial charge on any atom is 0.435 e. The summed E-state index contributed by atoms with van der Waals surface area (Å²) in [6.45, 7) is 0.226. The molecular formula is C11H9BrF3N3. The Kier molecular flexibility index (Phi) is 3.45. The van der Waals surface area contributed by atoms with Crippen molar-refractivity contribution in [2.45, 2.75) is 12.7 Å². The third-order valence-corrected chi connectivity index (χ3v) is 2.89. The number of hydrogen-bond acceptors (Lipinski definition) is 2. The molecule has 0 saturated carbocycles. The van der Waals surface area contributed by atoms with E-state index >= 15 is 0 Å². The van der Waals surface area contributed by atoms with Crippen LogP contribution in [0.25, 0.3) is 5.69 Å². The van der Waals surface area contributed by atoms with E-state index in [0.29, 0.717) is 5.69 Å². The Morgan fingerprint density at radius 3 is 2.56 bits per heavy atom. The van der Waals surface area contributed by atoms with E-state index < -0.39 is 11.9 Å². The van der Waals surface area contributed by atoms with Gasteiger partial charge in [0.1, 0.15) is 0 Å². The fourth-order valence-electron chi connectivity index (χ4n) is 1.53. The highest BCUT2D eigenvalue weighted by atomic mass is 79.9. The minimum absolute atomic E-state index is 0.226. The quantitative estimate of drug-likeness (QED) is 0.924. The molecule has 18 heavy (non-hydrogen) atoms. The molecule has 0 atom stereocenters. The third-order valence-electron chi connectivity index (χ3n) is 2.39. The molecular weight excluding hydrogens is 311 g/mol. The van der Waals surface area contributed by atoms with Gasteiger partial charge in [0.2, 0.25) is 0 Å². The summed E-state index contributed by atoms with van der Waals surface area (Å²) in [5, 5.41) is 3.52. The average molecular weight is 320 g/mol. The molecule has 0 amide bonds. The van der Waals surface area contributed by atoms with Crippen LogP contribution >= 0.6 is 15.9 Å². The molecule has 0 radical (unpaired) electrons. The van der Waals surface area contributed by atoms with Crippen molar-refractivity contribution < 1.29 is 13.2 Å². The molecule has 0 unspecified atom stereocenters. The van der Waals surface area contributed by atoms with Crippen LogP contribution in [-0.4, -0.2) is 9.78 Å². The average Bonchev–Trinajstić information content (AvgIpc) is 2.77. The molecule has 2 aromatic rings. The summed E-state index contributed by atoms with van der Waals surface area (Å²) in [5.41, 5.74) is 5.87. The van der Waals surface area contributed by atoms with Crippen LogP contribution in [0.4, 0.5) is 13.2 Å².